The zero-order valence-corrected chi connectivity index (χ0v) is 13.2. The van der Waals surface area contributed by atoms with Crippen LogP contribution < -0.4 is 0 Å². The van der Waals surface area contributed by atoms with Gasteiger partial charge in [-0.25, -0.2) is 4.58 Å². The van der Waals surface area contributed by atoms with E-state index in [2.05, 4.69) is 68.0 Å². The normalized spacial score (nSPS) is 22.4. The summed E-state index contributed by atoms with van der Waals surface area (Å²) < 4.78 is 2.59. The average molecular weight is 270 g/mol. The second kappa shape index (κ2) is 7.42. The lowest BCUT2D eigenvalue weighted by molar-refractivity contribution is -0.586. The van der Waals surface area contributed by atoms with Crippen LogP contribution in [-0.2, 0) is 6.54 Å². The van der Waals surface area contributed by atoms with E-state index in [-0.39, 0.29) is 0 Å². The van der Waals surface area contributed by atoms with Crippen LogP contribution in [0.3, 0.4) is 0 Å². The van der Waals surface area contributed by atoms with Gasteiger partial charge in [-0.3, -0.25) is 0 Å². The molecule has 0 aliphatic carbocycles. The van der Waals surface area contributed by atoms with E-state index in [0.717, 1.165) is 13.0 Å². The Balaban J connectivity index is 2.25. The second-order valence-electron chi connectivity index (χ2n) is 5.81. The van der Waals surface area contributed by atoms with Crippen LogP contribution in [0.15, 0.2) is 42.0 Å². The SMILES string of the molecule is CCC[C@@H]1[C@@H](CC)C=C(CC)C=[N+]1Cc1ccccc1. The van der Waals surface area contributed by atoms with Crippen molar-refractivity contribution in [1.82, 2.24) is 0 Å². The Bertz CT molecular complexity index is 470. The summed E-state index contributed by atoms with van der Waals surface area (Å²) in [6, 6.07) is 11.5. The lowest BCUT2D eigenvalue weighted by atomic mass is 9.87. The van der Waals surface area contributed by atoms with Gasteiger partial charge in [-0.05, 0) is 19.3 Å². The molecule has 1 aliphatic rings. The molecule has 0 saturated carbocycles. The van der Waals surface area contributed by atoms with Crippen molar-refractivity contribution < 1.29 is 4.58 Å². The first-order valence-corrected chi connectivity index (χ1v) is 8.13. The van der Waals surface area contributed by atoms with Gasteiger partial charge >= 0.3 is 0 Å². The summed E-state index contributed by atoms with van der Waals surface area (Å²) in [5, 5.41) is 0. The van der Waals surface area contributed by atoms with E-state index < -0.39 is 0 Å². The quantitative estimate of drug-likeness (QED) is 0.652. The van der Waals surface area contributed by atoms with Crippen LogP contribution >= 0.6 is 0 Å². The van der Waals surface area contributed by atoms with Gasteiger partial charge in [0.2, 0.25) is 0 Å². The van der Waals surface area contributed by atoms with Crippen molar-refractivity contribution in [3.63, 3.8) is 0 Å². The number of rotatable bonds is 6. The Morgan fingerprint density at radius 2 is 1.80 bits per heavy atom. The molecule has 0 unspecified atom stereocenters. The van der Waals surface area contributed by atoms with Crippen molar-refractivity contribution in [2.75, 3.05) is 0 Å². The maximum Gasteiger partial charge on any atom is 0.168 e. The molecule has 20 heavy (non-hydrogen) atoms. The summed E-state index contributed by atoms with van der Waals surface area (Å²) in [7, 11) is 0. The van der Waals surface area contributed by atoms with Crippen LogP contribution in [0.1, 0.15) is 52.0 Å². The molecule has 1 nitrogen and oxygen atoms in total. The number of allylic oxidation sites excluding steroid dienone is 1. The van der Waals surface area contributed by atoms with Crippen LogP contribution in [0, 0.1) is 5.92 Å². The van der Waals surface area contributed by atoms with Gasteiger partial charge in [-0.2, -0.15) is 0 Å². The van der Waals surface area contributed by atoms with Gasteiger partial charge in [0.15, 0.2) is 18.8 Å². The predicted molar refractivity (Wildman–Crippen MR) is 87.3 cm³/mol. The summed E-state index contributed by atoms with van der Waals surface area (Å²) in [4.78, 5) is 0. The second-order valence-corrected chi connectivity index (χ2v) is 5.81. The standard InChI is InChI=1S/C19H28N/c1-4-10-19-18(6-3)13-16(5-2)14-20(19)15-17-11-8-7-9-12-17/h7-9,11-14,18-19H,4-6,10,15H2,1-3H3/q+1/t18-,19+/m0/s1. The number of nitrogens with zero attached hydrogens (tertiary/aromatic N) is 1. The maximum atomic E-state index is 2.59. The fourth-order valence-corrected chi connectivity index (χ4v) is 3.22. The summed E-state index contributed by atoms with van der Waals surface area (Å²) in [5.74, 6) is 0.707. The molecule has 108 valence electrons. The van der Waals surface area contributed by atoms with Gasteiger partial charge in [-0.1, -0.05) is 57.2 Å². The molecule has 2 rings (SSSR count). The molecular weight excluding hydrogens is 242 g/mol. The highest BCUT2D eigenvalue weighted by Crippen LogP contribution is 2.25. The largest absolute Gasteiger partial charge is 0.228 e. The molecule has 0 fully saturated rings. The van der Waals surface area contributed by atoms with E-state index in [1.54, 1.807) is 0 Å². The molecule has 1 aromatic carbocycles. The lowest BCUT2D eigenvalue weighted by Crippen LogP contribution is -2.36. The average Bonchev–Trinajstić information content (AvgIpc) is 2.50. The van der Waals surface area contributed by atoms with Gasteiger partial charge in [0.1, 0.15) is 0 Å². The van der Waals surface area contributed by atoms with E-state index in [1.807, 2.05) is 0 Å². The summed E-state index contributed by atoms with van der Waals surface area (Å²) in [6.45, 7) is 7.92. The summed E-state index contributed by atoms with van der Waals surface area (Å²) in [5.41, 5.74) is 2.91. The molecule has 1 heterocycles. The van der Waals surface area contributed by atoms with Crippen LogP contribution in [0.5, 0.6) is 0 Å². The minimum Gasteiger partial charge on any atom is -0.228 e. The Morgan fingerprint density at radius 1 is 1.05 bits per heavy atom. The van der Waals surface area contributed by atoms with E-state index >= 15 is 0 Å². The van der Waals surface area contributed by atoms with Crippen molar-refractivity contribution in [3.8, 4) is 0 Å². The molecule has 0 spiro atoms. The lowest BCUT2D eigenvalue weighted by Gasteiger charge is -2.26. The van der Waals surface area contributed by atoms with Crippen LogP contribution in [0.2, 0.25) is 0 Å². The van der Waals surface area contributed by atoms with Gasteiger partial charge in [0.25, 0.3) is 0 Å². The van der Waals surface area contributed by atoms with Gasteiger partial charge in [0, 0.05) is 23.5 Å². The first-order valence-electron chi connectivity index (χ1n) is 8.13. The smallest absolute Gasteiger partial charge is 0.168 e. The first-order chi connectivity index (χ1) is 9.78. The highest BCUT2D eigenvalue weighted by molar-refractivity contribution is 5.75. The van der Waals surface area contributed by atoms with Crippen molar-refractivity contribution in [2.45, 2.75) is 59.0 Å². The molecule has 1 aliphatic heterocycles. The first kappa shape index (κ1) is 15.0. The Morgan fingerprint density at radius 3 is 2.40 bits per heavy atom. The fourth-order valence-electron chi connectivity index (χ4n) is 3.22. The third-order valence-electron chi connectivity index (χ3n) is 4.35. The Labute approximate surface area is 124 Å². The number of hydrogen-bond acceptors (Lipinski definition) is 0. The van der Waals surface area contributed by atoms with Crippen molar-refractivity contribution in [1.29, 1.82) is 0 Å². The molecule has 1 heteroatoms. The third kappa shape index (κ3) is 3.59. The maximum absolute atomic E-state index is 2.59. The van der Waals surface area contributed by atoms with Gasteiger partial charge in [-0.15, -0.1) is 0 Å². The summed E-state index contributed by atoms with van der Waals surface area (Å²) in [6.07, 6.45) is 9.85. The van der Waals surface area contributed by atoms with Crippen LogP contribution in [0.4, 0.5) is 0 Å². The Kier molecular flexibility index (Phi) is 5.58. The summed E-state index contributed by atoms with van der Waals surface area (Å²) >= 11 is 0. The highest BCUT2D eigenvalue weighted by Gasteiger charge is 2.31. The molecule has 1 aromatic rings. The zero-order valence-electron chi connectivity index (χ0n) is 13.2. The van der Waals surface area contributed by atoms with Crippen molar-refractivity contribution in [2.24, 2.45) is 5.92 Å². The third-order valence-corrected chi connectivity index (χ3v) is 4.35. The minimum absolute atomic E-state index is 0.667. The van der Waals surface area contributed by atoms with E-state index in [9.17, 15) is 0 Å². The molecule has 0 N–H and O–H groups in total. The Hall–Kier alpha value is -1.37. The molecular formula is C19H28N+. The topological polar surface area (TPSA) is 3.01 Å². The molecule has 2 atom stereocenters. The van der Waals surface area contributed by atoms with Crippen molar-refractivity contribution in [3.05, 3.63) is 47.5 Å². The van der Waals surface area contributed by atoms with E-state index in [4.69, 9.17) is 0 Å². The number of benzene rings is 1. The molecule has 0 amide bonds. The zero-order chi connectivity index (χ0) is 14.4. The molecule has 0 radical (unpaired) electrons. The van der Waals surface area contributed by atoms with E-state index in [0.29, 0.717) is 12.0 Å². The predicted octanol–water partition coefficient (Wildman–Crippen LogP) is 4.81. The minimum atomic E-state index is 0.667. The monoisotopic (exact) mass is 270 g/mol. The fraction of sp³-hybridized carbons (Fsp3) is 0.526. The highest BCUT2D eigenvalue weighted by atomic mass is 15.0. The molecule has 0 aromatic heterocycles. The van der Waals surface area contributed by atoms with Crippen LogP contribution in [-0.4, -0.2) is 16.8 Å². The molecule has 0 bridgehead atoms. The van der Waals surface area contributed by atoms with E-state index in [1.165, 1.54) is 30.4 Å². The van der Waals surface area contributed by atoms with Gasteiger partial charge in [0.05, 0.1) is 0 Å². The molecule has 0 saturated heterocycles. The van der Waals surface area contributed by atoms with Crippen molar-refractivity contribution >= 4 is 6.21 Å². The number of hydrogen-bond donors (Lipinski definition) is 0. The van der Waals surface area contributed by atoms with Crippen LogP contribution in [0.25, 0.3) is 0 Å². The van der Waals surface area contributed by atoms with Gasteiger partial charge < -0.3 is 0 Å².